The number of hydrogen-bond donors (Lipinski definition) is 3. The number of sulfonamides is 1. The summed E-state index contributed by atoms with van der Waals surface area (Å²) in [5.74, 6) is -0.217. The third-order valence-corrected chi connectivity index (χ3v) is 4.05. The van der Waals surface area contributed by atoms with Crippen molar-refractivity contribution < 1.29 is 13.2 Å². The topological polar surface area (TPSA) is 101 Å². The molecule has 0 spiro atoms. The van der Waals surface area contributed by atoms with Gasteiger partial charge in [-0.05, 0) is 48.5 Å². The first-order valence-corrected chi connectivity index (χ1v) is 7.61. The molecule has 110 valence electrons. The predicted octanol–water partition coefficient (Wildman–Crippen LogP) is 2.03. The fraction of sp³-hybridized carbons (Fsp3) is 0.0714. The van der Waals surface area contributed by atoms with Crippen LogP contribution in [0.5, 0.6) is 0 Å². The van der Waals surface area contributed by atoms with E-state index in [2.05, 4.69) is 10.0 Å². The number of carbonyl (C=O) groups excluding carboxylic acids is 1. The second-order valence-electron chi connectivity index (χ2n) is 4.43. The first-order valence-electron chi connectivity index (χ1n) is 6.13. The van der Waals surface area contributed by atoms with Crippen molar-refractivity contribution in [2.45, 2.75) is 11.8 Å². The average molecular weight is 305 g/mol. The number of benzene rings is 2. The van der Waals surface area contributed by atoms with Crippen molar-refractivity contribution in [2.75, 3.05) is 15.8 Å². The molecule has 0 fully saturated rings. The van der Waals surface area contributed by atoms with Crippen LogP contribution >= 0.6 is 0 Å². The van der Waals surface area contributed by atoms with Gasteiger partial charge in [-0.1, -0.05) is 0 Å². The monoisotopic (exact) mass is 305 g/mol. The summed E-state index contributed by atoms with van der Waals surface area (Å²) < 4.78 is 26.8. The van der Waals surface area contributed by atoms with Crippen LogP contribution in [0.4, 0.5) is 17.1 Å². The maximum absolute atomic E-state index is 12.2. The van der Waals surface area contributed by atoms with Gasteiger partial charge in [0.05, 0.1) is 4.90 Å². The number of rotatable bonds is 4. The van der Waals surface area contributed by atoms with Gasteiger partial charge < -0.3 is 11.1 Å². The maximum Gasteiger partial charge on any atom is 0.261 e. The van der Waals surface area contributed by atoms with Gasteiger partial charge in [0.25, 0.3) is 10.0 Å². The molecule has 0 aliphatic rings. The van der Waals surface area contributed by atoms with E-state index in [-0.39, 0.29) is 10.8 Å². The Morgan fingerprint density at radius 3 is 2.00 bits per heavy atom. The van der Waals surface area contributed by atoms with Gasteiger partial charge in [0.2, 0.25) is 5.91 Å². The Morgan fingerprint density at radius 1 is 0.952 bits per heavy atom. The van der Waals surface area contributed by atoms with E-state index in [0.717, 1.165) is 0 Å². The molecule has 0 radical (unpaired) electrons. The lowest BCUT2D eigenvalue weighted by Crippen LogP contribution is -2.13. The van der Waals surface area contributed by atoms with E-state index in [4.69, 9.17) is 5.73 Å². The van der Waals surface area contributed by atoms with Crippen LogP contribution in [0, 0.1) is 0 Å². The van der Waals surface area contributed by atoms with E-state index < -0.39 is 10.0 Å². The molecule has 1 amide bonds. The van der Waals surface area contributed by atoms with Crippen molar-refractivity contribution in [3.05, 3.63) is 48.5 Å². The smallest absolute Gasteiger partial charge is 0.261 e. The van der Waals surface area contributed by atoms with Gasteiger partial charge in [-0.25, -0.2) is 8.42 Å². The summed E-state index contributed by atoms with van der Waals surface area (Å²) in [5.41, 5.74) is 7.06. The third kappa shape index (κ3) is 3.96. The summed E-state index contributed by atoms with van der Waals surface area (Å²) in [6, 6.07) is 12.3. The van der Waals surface area contributed by atoms with Crippen LogP contribution in [0.15, 0.2) is 53.4 Å². The fourth-order valence-corrected chi connectivity index (χ4v) is 2.74. The molecular weight excluding hydrogens is 290 g/mol. The second-order valence-corrected chi connectivity index (χ2v) is 6.12. The number of nitrogens with one attached hydrogen (secondary N) is 2. The minimum Gasteiger partial charge on any atom is -0.399 e. The molecule has 2 rings (SSSR count). The molecule has 0 saturated heterocycles. The number of carbonyl (C=O) groups is 1. The summed E-state index contributed by atoms with van der Waals surface area (Å²) >= 11 is 0. The molecule has 2 aromatic rings. The van der Waals surface area contributed by atoms with Gasteiger partial charge >= 0.3 is 0 Å². The molecule has 4 N–H and O–H groups in total. The normalized spacial score (nSPS) is 10.9. The summed E-state index contributed by atoms with van der Waals surface area (Å²) in [5, 5.41) is 2.57. The predicted molar refractivity (Wildman–Crippen MR) is 82.4 cm³/mol. The maximum atomic E-state index is 12.2. The van der Waals surface area contributed by atoms with Crippen LogP contribution in [0.3, 0.4) is 0 Å². The summed E-state index contributed by atoms with van der Waals surface area (Å²) in [6.45, 7) is 1.38. The summed E-state index contributed by atoms with van der Waals surface area (Å²) in [6.07, 6.45) is 0. The second kappa shape index (κ2) is 5.84. The zero-order chi connectivity index (χ0) is 15.5. The van der Waals surface area contributed by atoms with Gasteiger partial charge in [-0.3, -0.25) is 9.52 Å². The molecule has 7 heteroatoms. The van der Waals surface area contributed by atoms with E-state index >= 15 is 0 Å². The van der Waals surface area contributed by atoms with Gasteiger partial charge in [0.15, 0.2) is 0 Å². The van der Waals surface area contributed by atoms with E-state index in [1.54, 1.807) is 24.3 Å². The van der Waals surface area contributed by atoms with Crippen LogP contribution in [-0.4, -0.2) is 14.3 Å². The first-order chi connectivity index (χ1) is 9.87. The Kier molecular flexibility index (Phi) is 4.13. The molecule has 6 nitrogen and oxygen atoms in total. The van der Waals surface area contributed by atoms with Crippen LogP contribution in [0.2, 0.25) is 0 Å². The van der Waals surface area contributed by atoms with Crippen molar-refractivity contribution in [1.29, 1.82) is 0 Å². The molecule has 0 unspecified atom stereocenters. The van der Waals surface area contributed by atoms with E-state index in [1.807, 2.05) is 0 Å². The first kappa shape index (κ1) is 14.9. The zero-order valence-corrected chi connectivity index (χ0v) is 12.1. The quantitative estimate of drug-likeness (QED) is 0.752. The lowest BCUT2D eigenvalue weighted by atomic mass is 10.3. The molecule has 2 aromatic carbocycles. The Morgan fingerprint density at radius 2 is 1.48 bits per heavy atom. The van der Waals surface area contributed by atoms with Crippen molar-refractivity contribution in [2.24, 2.45) is 0 Å². The zero-order valence-electron chi connectivity index (χ0n) is 11.3. The number of nitrogen functional groups attached to an aromatic ring is 1. The third-order valence-electron chi connectivity index (χ3n) is 2.65. The molecule has 21 heavy (non-hydrogen) atoms. The highest BCUT2D eigenvalue weighted by Crippen LogP contribution is 2.19. The lowest BCUT2D eigenvalue weighted by Gasteiger charge is -2.09. The fourth-order valence-electron chi connectivity index (χ4n) is 1.69. The van der Waals surface area contributed by atoms with E-state index in [1.165, 1.54) is 31.2 Å². The molecule has 0 atom stereocenters. The highest BCUT2D eigenvalue weighted by Gasteiger charge is 2.14. The number of amides is 1. The minimum atomic E-state index is -3.67. The van der Waals surface area contributed by atoms with Crippen LogP contribution in [0.25, 0.3) is 0 Å². The molecule has 0 bridgehead atoms. The van der Waals surface area contributed by atoms with Gasteiger partial charge in [0, 0.05) is 24.0 Å². The molecule has 0 aromatic heterocycles. The highest BCUT2D eigenvalue weighted by atomic mass is 32.2. The Bertz CT molecular complexity index is 738. The van der Waals surface area contributed by atoms with Crippen LogP contribution < -0.4 is 15.8 Å². The van der Waals surface area contributed by atoms with Gasteiger partial charge in [-0.15, -0.1) is 0 Å². The van der Waals surface area contributed by atoms with Crippen LogP contribution in [-0.2, 0) is 14.8 Å². The Labute approximate surface area is 123 Å². The number of nitrogens with two attached hydrogens (primary N) is 1. The Balaban J connectivity index is 2.19. The SMILES string of the molecule is CC(=O)Nc1ccc(S(=O)(=O)Nc2ccc(N)cc2)cc1. The average Bonchev–Trinajstić information content (AvgIpc) is 2.41. The molecule has 0 aliphatic carbocycles. The lowest BCUT2D eigenvalue weighted by molar-refractivity contribution is -0.114. The van der Waals surface area contributed by atoms with Gasteiger partial charge in [0.1, 0.15) is 0 Å². The number of anilines is 3. The molecular formula is C14H15N3O3S. The summed E-state index contributed by atoms with van der Waals surface area (Å²) in [7, 11) is -3.67. The van der Waals surface area contributed by atoms with E-state index in [0.29, 0.717) is 17.1 Å². The van der Waals surface area contributed by atoms with E-state index in [9.17, 15) is 13.2 Å². The highest BCUT2D eigenvalue weighted by molar-refractivity contribution is 7.92. The number of hydrogen-bond acceptors (Lipinski definition) is 4. The standard InChI is InChI=1S/C14H15N3O3S/c1-10(18)16-12-6-8-14(9-7-12)21(19,20)17-13-4-2-11(15)3-5-13/h2-9,17H,15H2,1H3,(H,16,18). The summed E-state index contributed by atoms with van der Waals surface area (Å²) in [4.78, 5) is 11.0. The van der Waals surface area contributed by atoms with Crippen molar-refractivity contribution >= 4 is 33.0 Å². The van der Waals surface area contributed by atoms with Crippen molar-refractivity contribution in [1.82, 2.24) is 0 Å². The van der Waals surface area contributed by atoms with Crippen molar-refractivity contribution in [3.8, 4) is 0 Å². The van der Waals surface area contributed by atoms with Crippen molar-refractivity contribution in [3.63, 3.8) is 0 Å². The largest absolute Gasteiger partial charge is 0.399 e. The minimum absolute atomic E-state index is 0.105. The molecule has 0 heterocycles. The molecule has 0 saturated carbocycles. The molecule has 0 aliphatic heterocycles. The Hall–Kier alpha value is -2.54. The van der Waals surface area contributed by atoms with Crippen LogP contribution in [0.1, 0.15) is 6.92 Å². The van der Waals surface area contributed by atoms with Gasteiger partial charge in [-0.2, -0.15) is 0 Å².